The molecule has 0 fully saturated rings. The van der Waals surface area contributed by atoms with Gasteiger partial charge in [0.2, 0.25) is 0 Å². The summed E-state index contributed by atoms with van der Waals surface area (Å²) in [6, 6.07) is 1.36. The SMILES string of the molecule is COc1c(-c2cc(C(F)(F)F)nc(C(C)(C)C)c2OC)cc(C(F)(F)F)nc1C(C)(C)C. The van der Waals surface area contributed by atoms with Gasteiger partial charge in [0.25, 0.3) is 0 Å². The molecule has 2 rings (SSSR count). The number of rotatable bonds is 3. The minimum absolute atomic E-state index is 0.0467. The van der Waals surface area contributed by atoms with Crippen molar-refractivity contribution in [2.45, 2.75) is 64.7 Å². The molecule has 10 heteroatoms. The predicted octanol–water partition coefficient (Wildman–Crippen LogP) is 6.79. The number of pyridine rings is 2. The van der Waals surface area contributed by atoms with E-state index in [1.165, 1.54) is 14.2 Å². The van der Waals surface area contributed by atoms with Gasteiger partial charge in [0.15, 0.2) is 0 Å². The molecular weight excluding hydrogens is 438 g/mol. The zero-order chi connectivity index (χ0) is 24.9. The van der Waals surface area contributed by atoms with Crippen LogP contribution in [0.4, 0.5) is 26.3 Å². The topological polar surface area (TPSA) is 44.2 Å². The van der Waals surface area contributed by atoms with Gasteiger partial charge in [-0.25, -0.2) is 9.97 Å². The van der Waals surface area contributed by atoms with Crippen LogP contribution in [0.5, 0.6) is 11.5 Å². The van der Waals surface area contributed by atoms with Gasteiger partial charge in [0.1, 0.15) is 22.9 Å². The van der Waals surface area contributed by atoms with Gasteiger partial charge in [-0.3, -0.25) is 0 Å². The molecule has 4 nitrogen and oxygen atoms in total. The molecule has 2 aromatic heterocycles. The zero-order valence-electron chi connectivity index (χ0n) is 19.1. The van der Waals surface area contributed by atoms with Crippen molar-refractivity contribution >= 4 is 0 Å². The van der Waals surface area contributed by atoms with Crippen LogP contribution < -0.4 is 9.47 Å². The summed E-state index contributed by atoms with van der Waals surface area (Å²) in [5.74, 6) is -0.133. The summed E-state index contributed by atoms with van der Waals surface area (Å²) in [7, 11) is 2.46. The zero-order valence-corrected chi connectivity index (χ0v) is 19.1. The van der Waals surface area contributed by atoms with Crippen LogP contribution in [0, 0.1) is 0 Å². The summed E-state index contributed by atoms with van der Waals surface area (Å²) >= 11 is 0. The van der Waals surface area contributed by atoms with Gasteiger partial charge in [0.05, 0.1) is 25.6 Å². The molecule has 32 heavy (non-hydrogen) atoms. The second-order valence-corrected chi connectivity index (χ2v) is 9.37. The molecule has 0 spiro atoms. The molecule has 0 unspecified atom stereocenters. The second-order valence-electron chi connectivity index (χ2n) is 9.37. The molecule has 2 aromatic rings. The lowest BCUT2D eigenvalue weighted by atomic mass is 9.85. The molecule has 0 amide bonds. The number of methoxy groups -OCH3 is 2. The fourth-order valence-electron chi connectivity index (χ4n) is 3.19. The third kappa shape index (κ3) is 5.10. The van der Waals surface area contributed by atoms with E-state index in [-0.39, 0.29) is 34.0 Å². The first-order valence-corrected chi connectivity index (χ1v) is 9.66. The molecule has 0 saturated heterocycles. The van der Waals surface area contributed by atoms with Crippen LogP contribution in [0.25, 0.3) is 11.1 Å². The van der Waals surface area contributed by atoms with E-state index < -0.39 is 34.6 Å². The minimum Gasteiger partial charge on any atom is -0.494 e. The molecule has 0 bridgehead atoms. The average Bonchev–Trinajstić information content (AvgIpc) is 2.62. The Kier molecular flexibility index (Phi) is 6.53. The lowest BCUT2D eigenvalue weighted by Crippen LogP contribution is -2.21. The Morgan fingerprint density at radius 1 is 0.594 bits per heavy atom. The van der Waals surface area contributed by atoms with Crippen molar-refractivity contribution in [3.05, 3.63) is 34.9 Å². The molecule has 0 aromatic carbocycles. The molecule has 0 saturated carbocycles. The van der Waals surface area contributed by atoms with E-state index in [1.807, 2.05) is 0 Å². The Balaban J connectivity index is 3.14. The summed E-state index contributed by atoms with van der Waals surface area (Å²) in [5.41, 5.74) is -4.82. The highest BCUT2D eigenvalue weighted by Crippen LogP contribution is 2.48. The lowest BCUT2D eigenvalue weighted by molar-refractivity contribution is -0.142. The number of ether oxygens (including phenoxy) is 2. The third-order valence-corrected chi connectivity index (χ3v) is 4.65. The number of alkyl halides is 6. The van der Waals surface area contributed by atoms with Gasteiger partial charge < -0.3 is 9.47 Å². The van der Waals surface area contributed by atoms with Crippen LogP contribution >= 0.6 is 0 Å². The van der Waals surface area contributed by atoms with E-state index >= 15 is 0 Å². The second kappa shape index (κ2) is 8.12. The first-order chi connectivity index (χ1) is 14.3. The number of hydrogen-bond donors (Lipinski definition) is 0. The third-order valence-electron chi connectivity index (χ3n) is 4.65. The highest BCUT2D eigenvalue weighted by Gasteiger charge is 2.40. The molecule has 0 aliphatic rings. The van der Waals surface area contributed by atoms with E-state index in [2.05, 4.69) is 9.97 Å². The van der Waals surface area contributed by atoms with Crippen molar-refractivity contribution in [1.82, 2.24) is 9.97 Å². The standard InChI is InChI=1S/C22H26F6N2O2/c1-19(2,3)17-15(31-7)11(9-13(29-17)21(23,24)25)12-10-14(22(26,27)28)30-18(16(12)32-8)20(4,5)6/h9-10H,1-8H3. The van der Waals surface area contributed by atoms with Crippen LogP contribution in [0.2, 0.25) is 0 Å². The van der Waals surface area contributed by atoms with Crippen molar-refractivity contribution in [3.63, 3.8) is 0 Å². The summed E-state index contributed by atoms with van der Waals surface area (Å²) in [6.45, 7) is 9.79. The Labute approximate surface area is 183 Å². The van der Waals surface area contributed by atoms with Gasteiger partial charge in [-0.1, -0.05) is 41.5 Å². The maximum atomic E-state index is 13.7. The Bertz CT molecular complexity index is 918. The number of halogens is 6. The van der Waals surface area contributed by atoms with Crippen LogP contribution in [0.15, 0.2) is 12.1 Å². The summed E-state index contributed by atoms with van der Waals surface area (Å²) in [4.78, 5) is 7.48. The van der Waals surface area contributed by atoms with Gasteiger partial charge in [0, 0.05) is 22.0 Å². The van der Waals surface area contributed by atoms with Crippen LogP contribution in [-0.2, 0) is 23.2 Å². The minimum atomic E-state index is -4.83. The monoisotopic (exact) mass is 464 g/mol. The number of hydrogen-bond acceptors (Lipinski definition) is 4. The average molecular weight is 464 g/mol. The van der Waals surface area contributed by atoms with Crippen LogP contribution in [-0.4, -0.2) is 24.2 Å². The molecular formula is C22H26F6N2O2. The molecule has 0 aliphatic carbocycles. The predicted molar refractivity (Wildman–Crippen MR) is 108 cm³/mol. The molecule has 2 heterocycles. The Morgan fingerprint density at radius 3 is 1.06 bits per heavy atom. The van der Waals surface area contributed by atoms with Gasteiger partial charge in [-0.2, -0.15) is 26.3 Å². The number of aromatic nitrogens is 2. The van der Waals surface area contributed by atoms with Crippen LogP contribution in [0.1, 0.15) is 64.3 Å². The fraction of sp³-hybridized carbons (Fsp3) is 0.545. The van der Waals surface area contributed by atoms with Crippen molar-refractivity contribution in [2.24, 2.45) is 0 Å². The Morgan fingerprint density at radius 2 is 0.875 bits per heavy atom. The quantitative estimate of drug-likeness (QED) is 0.469. The van der Waals surface area contributed by atoms with E-state index in [4.69, 9.17) is 9.47 Å². The Hall–Kier alpha value is -2.52. The molecule has 0 N–H and O–H groups in total. The van der Waals surface area contributed by atoms with E-state index in [0.717, 1.165) is 0 Å². The smallest absolute Gasteiger partial charge is 0.433 e. The summed E-state index contributed by atoms with van der Waals surface area (Å²) in [5, 5.41) is 0. The van der Waals surface area contributed by atoms with E-state index in [1.54, 1.807) is 41.5 Å². The molecule has 178 valence electrons. The van der Waals surface area contributed by atoms with E-state index in [0.29, 0.717) is 12.1 Å². The normalized spacial score (nSPS) is 13.3. The van der Waals surface area contributed by atoms with Gasteiger partial charge in [-0.05, 0) is 12.1 Å². The van der Waals surface area contributed by atoms with Crippen LogP contribution in [0.3, 0.4) is 0 Å². The maximum Gasteiger partial charge on any atom is 0.433 e. The van der Waals surface area contributed by atoms with Gasteiger partial charge >= 0.3 is 12.4 Å². The maximum absolute atomic E-state index is 13.7. The molecule has 0 atom stereocenters. The summed E-state index contributed by atoms with van der Waals surface area (Å²) < 4.78 is 92.9. The highest BCUT2D eigenvalue weighted by atomic mass is 19.4. The first kappa shape index (κ1) is 25.7. The van der Waals surface area contributed by atoms with Crippen molar-refractivity contribution in [2.75, 3.05) is 14.2 Å². The highest BCUT2D eigenvalue weighted by molar-refractivity contribution is 5.79. The molecule has 0 radical (unpaired) electrons. The lowest BCUT2D eigenvalue weighted by Gasteiger charge is -2.27. The first-order valence-electron chi connectivity index (χ1n) is 9.66. The number of nitrogens with zero attached hydrogens (tertiary/aromatic N) is 2. The van der Waals surface area contributed by atoms with Crippen molar-refractivity contribution in [3.8, 4) is 22.6 Å². The fourth-order valence-corrected chi connectivity index (χ4v) is 3.19. The summed E-state index contributed by atoms with van der Waals surface area (Å²) in [6.07, 6.45) is -9.66. The van der Waals surface area contributed by atoms with Crippen molar-refractivity contribution in [1.29, 1.82) is 0 Å². The molecule has 0 aliphatic heterocycles. The largest absolute Gasteiger partial charge is 0.494 e. The van der Waals surface area contributed by atoms with Gasteiger partial charge in [-0.15, -0.1) is 0 Å². The van der Waals surface area contributed by atoms with E-state index in [9.17, 15) is 26.3 Å². The van der Waals surface area contributed by atoms with Crippen molar-refractivity contribution < 1.29 is 35.8 Å².